The van der Waals surface area contributed by atoms with Crippen LogP contribution in [0.25, 0.3) is 0 Å². The Bertz CT molecular complexity index is 1980. The Morgan fingerprint density at radius 1 is 0.457 bits per heavy atom. The molecule has 0 bridgehead atoms. The van der Waals surface area contributed by atoms with Gasteiger partial charge in [0.05, 0.1) is 48.2 Å². The highest BCUT2D eigenvalue weighted by Gasteiger charge is 1.94. The van der Waals surface area contributed by atoms with Gasteiger partial charge in [-0.3, -0.25) is 4.68 Å². The Hall–Kier alpha value is -6.78. The zero-order chi connectivity index (χ0) is 64.9. The van der Waals surface area contributed by atoms with E-state index >= 15 is 0 Å². The summed E-state index contributed by atoms with van der Waals surface area (Å²) in [6, 6.07) is 0. The number of aryl methyl sites for hydroxylation is 11. The van der Waals surface area contributed by atoms with Crippen LogP contribution in [0.1, 0.15) is 183 Å². The number of hydrogen-bond acceptors (Lipinski definition) is 25. The van der Waals surface area contributed by atoms with Crippen LogP contribution in [-0.4, -0.2) is 103 Å². The molecule has 0 atom stereocenters. The first-order chi connectivity index (χ1) is 39.4. The van der Waals surface area contributed by atoms with Crippen LogP contribution in [-0.2, 0) is 21.1 Å². The van der Waals surface area contributed by atoms with E-state index < -0.39 is 0 Å². The van der Waals surface area contributed by atoms with Crippen LogP contribution in [0.3, 0.4) is 0 Å². The third-order valence-electron chi connectivity index (χ3n) is 5.68. The zero-order valence-electron chi connectivity index (χ0n) is 55.3. The van der Waals surface area contributed by atoms with Gasteiger partial charge in [0, 0.05) is 71.4 Å². The highest BCUT2D eigenvalue weighted by molar-refractivity contribution is 7.11. The van der Waals surface area contributed by atoms with Gasteiger partial charge in [-0.15, -0.1) is 41.9 Å². The van der Waals surface area contributed by atoms with E-state index in [1.54, 1.807) is 79.0 Å². The van der Waals surface area contributed by atoms with E-state index in [0.29, 0.717) is 11.8 Å². The van der Waals surface area contributed by atoms with Gasteiger partial charge in [-0.25, -0.2) is 24.6 Å². The summed E-state index contributed by atoms with van der Waals surface area (Å²) in [6.07, 6.45) is 20.0. The molecule has 466 valence electrons. The molecule has 10 aromatic rings. The summed E-state index contributed by atoms with van der Waals surface area (Å²) in [4.78, 5) is 14.6. The largest absolute Gasteiger partial charge is 0.426 e. The number of imidazole rings is 2. The van der Waals surface area contributed by atoms with Gasteiger partial charge in [0.1, 0.15) is 33.2 Å². The van der Waals surface area contributed by atoms with Crippen LogP contribution in [0.5, 0.6) is 0 Å². The van der Waals surface area contributed by atoms with E-state index in [0.717, 1.165) is 32.8 Å². The predicted octanol–water partition coefficient (Wildman–Crippen LogP) is 15.7. The molecule has 0 aromatic carbocycles. The molecule has 24 nitrogen and oxygen atoms in total. The Kier molecular flexibility index (Phi) is 107. The van der Waals surface area contributed by atoms with Crippen molar-refractivity contribution in [2.45, 2.75) is 194 Å². The third-order valence-corrected chi connectivity index (χ3v) is 8.00. The van der Waals surface area contributed by atoms with E-state index in [4.69, 9.17) is 4.42 Å². The summed E-state index contributed by atoms with van der Waals surface area (Å²) in [7, 11) is 5.70. The molecule has 0 unspecified atom stereocenters. The highest BCUT2D eigenvalue weighted by atomic mass is 32.1. The summed E-state index contributed by atoms with van der Waals surface area (Å²) >= 11 is 5.59. The molecule has 0 saturated heterocycles. The molecule has 28 heteroatoms. The molecule has 10 aromatic heterocycles. The third kappa shape index (κ3) is 82.2. The maximum atomic E-state index is 4.86. The second kappa shape index (κ2) is 89.8. The molecule has 0 aliphatic rings. The lowest BCUT2D eigenvalue weighted by atomic mass is 10.4. The molecule has 0 fully saturated rings. The van der Waals surface area contributed by atoms with E-state index in [9.17, 15) is 0 Å². The normalized spacial score (nSPS) is 7.44. The predicted molar refractivity (Wildman–Crippen MR) is 341 cm³/mol. The van der Waals surface area contributed by atoms with Crippen LogP contribution in [0.4, 0.5) is 0 Å². The lowest BCUT2D eigenvalue weighted by molar-refractivity contribution is 0.302. The fourth-order valence-corrected chi connectivity index (χ4v) is 4.35. The van der Waals surface area contributed by atoms with Crippen molar-refractivity contribution in [3.8, 4) is 0 Å². The van der Waals surface area contributed by atoms with Gasteiger partial charge in [0.15, 0.2) is 6.33 Å². The molecule has 0 aliphatic carbocycles. The molecule has 0 aliphatic heterocycles. The smallest absolute Gasteiger partial charge is 0.213 e. The van der Waals surface area contributed by atoms with Gasteiger partial charge in [-0.2, -0.15) is 13.1 Å². The minimum atomic E-state index is 0.623. The van der Waals surface area contributed by atoms with E-state index in [1.807, 2.05) is 228 Å². The first kappa shape index (κ1) is 96.5. The van der Waals surface area contributed by atoms with E-state index in [-0.39, 0.29) is 0 Å². The van der Waals surface area contributed by atoms with Crippen LogP contribution in [0.15, 0.2) is 99.5 Å². The van der Waals surface area contributed by atoms with Crippen LogP contribution < -0.4 is 0 Å². The molecule has 81 heavy (non-hydrogen) atoms. The van der Waals surface area contributed by atoms with E-state index in [1.165, 1.54) is 53.8 Å². The molecule has 0 amide bonds. The summed E-state index contributed by atoms with van der Waals surface area (Å²) in [5, 5.41) is 39.6. The summed E-state index contributed by atoms with van der Waals surface area (Å²) < 4.78 is 33.9. The van der Waals surface area contributed by atoms with Gasteiger partial charge in [0.2, 0.25) is 18.2 Å². The molecule has 0 radical (unpaired) electrons. The van der Waals surface area contributed by atoms with Crippen LogP contribution in [0.2, 0.25) is 0 Å². The van der Waals surface area contributed by atoms with Crippen molar-refractivity contribution >= 4 is 46.1 Å². The van der Waals surface area contributed by atoms with Gasteiger partial charge in [-0.05, 0) is 64.6 Å². The standard InChI is InChI=1S/2C4H6N2O.2C4H6N2S.2C4H6N2.C3H5N3.C2H2N2O.2C2H2N2S.10C2H6/c1-3-5-6-4(2)7-3;1-3-4(2)6-7-5-3;1-3-5-6-4(2)7-3;1-3-4(2)6-7-5-3;2*1-6-3-2-5-4-6;1-6-3-2-4-5-6;2*1-3-2-5-4-1;1-2-5-4-3-1;10*1-2/h4*1-2H3;2*2-4H,1H3;2-3H,1H3;3*1-2H;10*1-2H3. The average molecular weight is 1210 g/mol. The van der Waals surface area contributed by atoms with Gasteiger partial charge < -0.3 is 18.1 Å². The molecule has 0 N–H and O–H groups in total. The quantitative estimate of drug-likeness (QED) is 0.136. The van der Waals surface area contributed by atoms with Crippen molar-refractivity contribution in [1.82, 2.24) is 103 Å². The molecule has 10 rings (SSSR count). The lowest BCUT2D eigenvalue weighted by Crippen LogP contribution is -1.85. The van der Waals surface area contributed by atoms with E-state index in [2.05, 4.69) is 98.0 Å². The van der Waals surface area contributed by atoms with Gasteiger partial charge in [0.25, 0.3) is 0 Å². The summed E-state index contributed by atoms with van der Waals surface area (Å²) in [5.74, 6) is 1.25. The van der Waals surface area contributed by atoms with Crippen LogP contribution in [0, 0.1) is 55.4 Å². The van der Waals surface area contributed by atoms with Crippen molar-refractivity contribution in [1.29, 1.82) is 0 Å². The van der Waals surface area contributed by atoms with Crippen LogP contribution >= 0.6 is 46.1 Å². The number of rotatable bonds is 0. The number of hydrogen-bond donors (Lipinski definition) is 0. The lowest BCUT2D eigenvalue weighted by Gasteiger charge is -1.76. The first-order valence-corrected chi connectivity index (χ1v) is 30.4. The Labute approximate surface area is 505 Å². The zero-order valence-corrected chi connectivity index (χ0v) is 58.6. The minimum absolute atomic E-state index is 0.623. The number of nitrogens with zero attached hydrogens (tertiary/aromatic N) is 21. The second-order valence-electron chi connectivity index (χ2n) is 10.8. The fraction of sp³-hybridized carbons (Fsp3) is 0.585. The Balaban J connectivity index is -0.0000000836. The van der Waals surface area contributed by atoms with Crippen molar-refractivity contribution in [3.05, 3.63) is 131 Å². The monoisotopic (exact) mass is 1210 g/mol. The summed E-state index contributed by atoms with van der Waals surface area (Å²) in [6.45, 7) is 55.0. The molecular weight excluding hydrogens is 1110 g/mol. The minimum Gasteiger partial charge on any atom is -0.426 e. The topological polar surface area (TPSA) is 286 Å². The second-order valence-corrected chi connectivity index (χ2v) is 14.0. The molecule has 0 spiro atoms. The van der Waals surface area contributed by atoms with Crippen molar-refractivity contribution in [2.24, 2.45) is 21.1 Å². The molecule has 10 heterocycles. The Morgan fingerprint density at radius 2 is 0.914 bits per heavy atom. The Morgan fingerprint density at radius 3 is 1.02 bits per heavy atom. The maximum Gasteiger partial charge on any atom is 0.213 e. The number of aromatic nitrogens is 21. The SMILES string of the molecule is CC.CC.CC.CC.CC.CC.CC.CC.CC.CC.Cc1nnc(C)o1.Cc1nnc(C)s1.Cc1nonc1C.Cc1nsnc1C.Cn1ccnc1.Cn1ccnc1.Cn1ccnn1.c1csnn1.c1ncon1.c1ncsn1. The van der Waals surface area contributed by atoms with Gasteiger partial charge >= 0.3 is 0 Å². The molecule has 0 saturated carbocycles. The highest BCUT2D eigenvalue weighted by Crippen LogP contribution is 2.04. The maximum absolute atomic E-state index is 4.86. The van der Waals surface area contributed by atoms with Crippen molar-refractivity contribution in [3.63, 3.8) is 0 Å². The van der Waals surface area contributed by atoms with Crippen molar-refractivity contribution < 1.29 is 13.6 Å². The summed E-state index contributed by atoms with van der Waals surface area (Å²) in [5.41, 5.74) is 5.50. The van der Waals surface area contributed by atoms with Gasteiger partial charge in [-0.1, -0.05) is 164 Å². The molecular formula is C53H107N21O3S4. The fourth-order valence-electron chi connectivity index (χ4n) is 2.67. The average Bonchev–Trinajstić information content (AvgIpc) is 4.35. The first-order valence-electron chi connectivity index (χ1n) is 27.2. The van der Waals surface area contributed by atoms with Crippen molar-refractivity contribution in [2.75, 3.05) is 0 Å².